The number of nitrogens with one attached hydrogen (secondary N) is 2. The van der Waals surface area contributed by atoms with Crippen LogP contribution in [0.3, 0.4) is 0 Å². The molecule has 3 rings (SSSR count). The number of rotatable bonds is 5. The van der Waals surface area contributed by atoms with Crippen LogP contribution in [-0.4, -0.2) is 64.1 Å². The minimum atomic E-state index is -0.325. The van der Waals surface area contributed by atoms with Gasteiger partial charge in [-0.2, -0.15) is 5.26 Å². The van der Waals surface area contributed by atoms with Crippen LogP contribution in [0.5, 0.6) is 0 Å². The lowest BCUT2D eigenvalue weighted by atomic mass is 9.92. The zero-order valence-electron chi connectivity index (χ0n) is 17.3. The molecule has 3 heterocycles. The van der Waals surface area contributed by atoms with Crippen molar-refractivity contribution < 1.29 is 9.59 Å². The van der Waals surface area contributed by atoms with Gasteiger partial charge in [-0.1, -0.05) is 13.8 Å². The number of hydrogen-bond acceptors (Lipinski definition) is 7. The highest BCUT2D eigenvalue weighted by Gasteiger charge is 2.32. The third-order valence-electron chi connectivity index (χ3n) is 5.38. The van der Waals surface area contributed by atoms with E-state index in [1.807, 2.05) is 31.0 Å². The maximum Gasteiger partial charge on any atom is 0.341 e. The van der Waals surface area contributed by atoms with Gasteiger partial charge in [0.15, 0.2) is 5.65 Å². The normalized spacial score (nSPS) is 18.4. The molecule has 2 aromatic heterocycles. The van der Waals surface area contributed by atoms with Crippen molar-refractivity contribution in [1.82, 2.24) is 30.3 Å². The standard InChI is InChI=1S/C19H26N8O2.ClH/c1-4-23-24-19(29)27-10-7-14-17(21-12-22-18(14)27)25(3)15-11-26(9-6-13(15)2)16(28)5-8-20;/h7,10,12-13,15,23H,4-6,9,11H2,1-3H3,(H,24,29);1H/t13-,15+;/m1./s1. The molecular weight excluding hydrogens is 408 g/mol. The summed E-state index contributed by atoms with van der Waals surface area (Å²) < 4.78 is 1.43. The van der Waals surface area contributed by atoms with Crippen LogP contribution in [0.15, 0.2) is 18.6 Å². The first kappa shape index (κ1) is 23.4. The molecule has 0 aromatic carbocycles. The number of anilines is 1. The Hall–Kier alpha value is -2.90. The molecule has 0 radical (unpaired) electrons. The average molecular weight is 435 g/mol. The summed E-state index contributed by atoms with van der Waals surface area (Å²) in [6.07, 6.45) is 3.85. The Balaban J connectivity index is 0.00000320. The lowest BCUT2D eigenvalue weighted by Crippen LogP contribution is -2.52. The Kier molecular flexibility index (Phi) is 7.97. The van der Waals surface area contributed by atoms with E-state index >= 15 is 0 Å². The summed E-state index contributed by atoms with van der Waals surface area (Å²) in [5, 5.41) is 9.59. The first-order valence-electron chi connectivity index (χ1n) is 9.70. The highest BCUT2D eigenvalue weighted by atomic mass is 35.5. The number of hydrazine groups is 1. The third kappa shape index (κ3) is 4.63. The fourth-order valence-electron chi connectivity index (χ4n) is 3.72. The number of hydrogen-bond donors (Lipinski definition) is 2. The average Bonchev–Trinajstić information content (AvgIpc) is 3.16. The largest absolute Gasteiger partial charge is 0.354 e. The van der Waals surface area contributed by atoms with Crippen LogP contribution in [0.25, 0.3) is 11.0 Å². The second-order valence-corrected chi connectivity index (χ2v) is 7.20. The number of piperidine rings is 1. The number of carbonyl (C=O) groups excluding carboxylic acids is 2. The predicted molar refractivity (Wildman–Crippen MR) is 115 cm³/mol. The summed E-state index contributed by atoms with van der Waals surface area (Å²) in [7, 11) is 1.94. The SMILES string of the molecule is CCNNC(=O)n1ccc2c(N(C)[C@H]3CN(C(=O)CC#N)CC[C@H]3C)ncnc21.Cl. The molecule has 0 aliphatic carbocycles. The number of likely N-dealkylation sites (N-methyl/N-ethyl adjacent to an activating group) is 1. The molecule has 0 spiro atoms. The number of fused-ring (bicyclic) bond motifs is 1. The quantitative estimate of drug-likeness (QED) is 0.684. The number of halogens is 1. The summed E-state index contributed by atoms with van der Waals surface area (Å²) in [4.78, 5) is 37.1. The Bertz CT molecular complexity index is 940. The highest BCUT2D eigenvalue weighted by molar-refractivity contribution is 5.94. The zero-order valence-corrected chi connectivity index (χ0v) is 18.1. The van der Waals surface area contributed by atoms with Gasteiger partial charge in [0.1, 0.15) is 18.6 Å². The first-order chi connectivity index (χ1) is 14.0. The molecule has 30 heavy (non-hydrogen) atoms. The van der Waals surface area contributed by atoms with Gasteiger partial charge in [0.2, 0.25) is 5.91 Å². The van der Waals surface area contributed by atoms with Crippen molar-refractivity contribution in [3.8, 4) is 6.07 Å². The van der Waals surface area contributed by atoms with Crippen molar-refractivity contribution in [1.29, 1.82) is 5.26 Å². The van der Waals surface area contributed by atoms with E-state index in [0.717, 1.165) is 11.8 Å². The lowest BCUT2D eigenvalue weighted by molar-refractivity contribution is -0.131. The van der Waals surface area contributed by atoms with E-state index in [4.69, 9.17) is 5.26 Å². The summed E-state index contributed by atoms with van der Waals surface area (Å²) in [6, 6.07) is 3.47. The summed E-state index contributed by atoms with van der Waals surface area (Å²) in [5.41, 5.74) is 5.90. The van der Waals surface area contributed by atoms with Crippen molar-refractivity contribution in [3.63, 3.8) is 0 Å². The smallest absolute Gasteiger partial charge is 0.341 e. The number of likely N-dealkylation sites (tertiary alicyclic amines) is 1. The van der Waals surface area contributed by atoms with E-state index < -0.39 is 0 Å². The molecule has 10 nitrogen and oxygen atoms in total. The summed E-state index contributed by atoms with van der Waals surface area (Å²) >= 11 is 0. The van der Waals surface area contributed by atoms with Gasteiger partial charge in [0.25, 0.3) is 0 Å². The van der Waals surface area contributed by atoms with Gasteiger partial charge in [-0.15, -0.1) is 12.4 Å². The van der Waals surface area contributed by atoms with Crippen LogP contribution < -0.4 is 15.8 Å². The predicted octanol–water partition coefficient (Wildman–Crippen LogP) is 1.52. The molecule has 1 aliphatic rings. The molecule has 1 fully saturated rings. The molecule has 2 N–H and O–H groups in total. The fourth-order valence-corrected chi connectivity index (χ4v) is 3.72. The van der Waals surface area contributed by atoms with Gasteiger partial charge in [0, 0.05) is 32.9 Å². The van der Waals surface area contributed by atoms with E-state index in [-0.39, 0.29) is 36.8 Å². The molecule has 0 bridgehead atoms. The minimum Gasteiger partial charge on any atom is -0.354 e. The van der Waals surface area contributed by atoms with Crippen molar-refractivity contribution in [2.45, 2.75) is 32.7 Å². The third-order valence-corrected chi connectivity index (χ3v) is 5.38. The van der Waals surface area contributed by atoms with Gasteiger partial charge in [-0.05, 0) is 18.4 Å². The molecule has 11 heteroatoms. The number of nitrogens with zero attached hydrogens (tertiary/aromatic N) is 6. The molecule has 2 amide bonds. The number of nitriles is 1. The van der Waals surface area contributed by atoms with Crippen molar-refractivity contribution in [2.24, 2.45) is 5.92 Å². The van der Waals surface area contributed by atoms with Crippen molar-refractivity contribution >= 4 is 41.2 Å². The molecular formula is C19H27ClN8O2. The van der Waals surface area contributed by atoms with Gasteiger partial charge in [-0.25, -0.2) is 20.2 Å². The Labute approximate surface area is 181 Å². The molecule has 1 aliphatic heterocycles. The minimum absolute atomic E-state index is 0. The number of amides is 2. The van der Waals surface area contributed by atoms with Crippen LogP contribution >= 0.6 is 12.4 Å². The Morgan fingerprint density at radius 1 is 1.40 bits per heavy atom. The van der Waals surface area contributed by atoms with E-state index in [2.05, 4.69) is 27.7 Å². The van der Waals surface area contributed by atoms with Crippen LogP contribution in [0.1, 0.15) is 26.7 Å². The molecule has 2 atom stereocenters. The maximum atomic E-state index is 12.3. The summed E-state index contributed by atoms with van der Waals surface area (Å²) in [5.74, 6) is 0.906. The fraction of sp³-hybridized carbons (Fsp3) is 0.526. The second kappa shape index (κ2) is 10.2. The van der Waals surface area contributed by atoms with Gasteiger partial charge in [0.05, 0.1) is 17.5 Å². The van der Waals surface area contributed by atoms with Crippen molar-refractivity contribution in [3.05, 3.63) is 18.6 Å². The van der Waals surface area contributed by atoms with Crippen LogP contribution in [0.4, 0.5) is 10.6 Å². The number of aromatic nitrogens is 3. The highest BCUT2D eigenvalue weighted by Crippen LogP contribution is 2.29. The summed E-state index contributed by atoms with van der Waals surface area (Å²) in [6.45, 7) is 5.84. The Morgan fingerprint density at radius 2 is 2.17 bits per heavy atom. The van der Waals surface area contributed by atoms with Gasteiger partial charge in [-0.3, -0.25) is 14.8 Å². The maximum absolute atomic E-state index is 12.3. The number of carbonyl (C=O) groups is 2. The van der Waals surface area contributed by atoms with E-state index in [1.54, 1.807) is 11.1 Å². The van der Waals surface area contributed by atoms with Crippen molar-refractivity contribution in [2.75, 3.05) is 31.6 Å². The molecule has 2 aromatic rings. The van der Waals surface area contributed by atoms with E-state index in [9.17, 15) is 9.59 Å². The zero-order chi connectivity index (χ0) is 21.0. The van der Waals surface area contributed by atoms with E-state index in [0.29, 0.717) is 37.0 Å². The van der Waals surface area contributed by atoms with Gasteiger partial charge >= 0.3 is 6.03 Å². The monoisotopic (exact) mass is 434 g/mol. The first-order valence-corrected chi connectivity index (χ1v) is 9.70. The lowest BCUT2D eigenvalue weighted by Gasteiger charge is -2.42. The van der Waals surface area contributed by atoms with Crippen LogP contribution in [0, 0.1) is 17.2 Å². The van der Waals surface area contributed by atoms with Crippen LogP contribution in [-0.2, 0) is 4.79 Å². The van der Waals surface area contributed by atoms with Gasteiger partial charge < -0.3 is 9.80 Å². The van der Waals surface area contributed by atoms with E-state index in [1.165, 1.54) is 10.9 Å². The molecule has 0 unspecified atom stereocenters. The second-order valence-electron chi connectivity index (χ2n) is 7.20. The topological polar surface area (TPSA) is 119 Å². The molecule has 162 valence electrons. The molecule has 1 saturated heterocycles. The Morgan fingerprint density at radius 3 is 2.87 bits per heavy atom. The molecule has 0 saturated carbocycles. The van der Waals surface area contributed by atoms with Crippen LogP contribution in [0.2, 0.25) is 0 Å².